The van der Waals surface area contributed by atoms with Crippen molar-refractivity contribution in [2.45, 2.75) is 44.7 Å². The number of hydrogen-bond donors (Lipinski definition) is 2. The van der Waals surface area contributed by atoms with Gasteiger partial charge in [0.05, 0.1) is 37.1 Å². The number of hydrogen-bond acceptors (Lipinski definition) is 2. The summed E-state index contributed by atoms with van der Waals surface area (Å²) in [5, 5.41) is 10.9. The molecule has 0 aromatic heterocycles. The minimum absolute atomic E-state index is 0.213. The predicted octanol–water partition coefficient (Wildman–Crippen LogP) is 0.211. The molecule has 2 saturated heterocycles. The Bertz CT molecular complexity index is 506. The summed E-state index contributed by atoms with van der Waals surface area (Å²) < 4.78 is 0. The van der Waals surface area contributed by atoms with E-state index in [1.165, 1.54) is 58.3 Å². The summed E-state index contributed by atoms with van der Waals surface area (Å²) >= 11 is 0. The van der Waals surface area contributed by atoms with Crippen molar-refractivity contribution in [3.8, 4) is 0 Å². The molecule has 0 radical (unpaired) electrons. The van der Waals surface area contributed by atoms with Crippen LogP contribution in [0.15, 0.2) is 24.3 Å². The molecule has 0 bridgehead atoms. The second-order valence-corrected chi connectivity index (χ2v) is 6.85. The summed E-state index contributed by atoms with van der Waals surface area (Å²) in [7, 11) is 0. The van der Waals surface area contributed by atoms with Gasteiger partial charge < -0.3 is 9.80 Å². The van der Waals surface area contributed by atoms with Crippen molar-refractivity contribution in [3.05, 3.63) is 39.9 Å². The van der Waals surface area contributed by atoms with Gasteiger partial charge in [0.15, 0.2) is 0 Å². The number of nitro groups is 1. The summed E-state index contributed by atoms with van der Waals surface area (Å²) in [4.78, 5) is 14.0. The maximum atomic E-state index is 10.9. The lowest BCUT2D eigenvalue weighted by atomic mass is 9.99. The Morgan fingerprint density at radius 1 is 1.09 bits per heavy atom. The normalized spacial score (nSPS) is 26.7. The fourth-order valence-corrected chi connectivity index (χ4v) is 4.09. The Kier molecular flexibility index (Phi) is 5.05. The maximum absolute atomic E-state index is 10.9. The Morgan fingerprint density at radius 3 is 2.50 bits per heavy atom. The molecule has 22 heavy (non-hydrogen) atoms. The topological polar surface area (TPSA) is 52.0 Å². The van der Waals surface area contributed by atoms with Crippen LogP contribution in [-0.2, 0) is 6.54 Å². The molecule has 5 heteroatoms. The summed E-state index contributed by atoms with van der Waals surface area (Å²) in [6.07, 6.45) is 6.83. The van der Waals surface area contributed by atoms with Gasteiger partial charge in [-0.25, -0.2) is 0 Å². The molecule has 0 spiro atoms. The summed E-state index contributed by atoms with van der Waals surface area (Å²) in [5.74, 6) is 0. The van der Waals surface area contributed by atoms with Crippen LogP contribution < -0.4 is 9.80 Å². The van der Waals surface area contributed by atoms with Crippen LogP contribution >= 0.6 is 0 Å². The van der Waals surface area contributed by atoms with Gasteiger partial charge in [0.2, 0.25) is 0 Å². The standard InChI is InChI=1S/C17H25N3O2/c21-20(22)17-6-4-5-15(13-17)14-18-11-7-16(8-12-18)19-9-2-1-3-10-19/h4-6,13,16H,1-3,7-12,14H2/p+2. The molecule has 2 heterocycles. The fraction of sp³-hybridized carbons (Fsp3) is 0.647. The van der Waals surface area contributed by atoms with Crippen molar-refractivity contribution >= 4 is 5.69 Å². The van der Waals surface area contributed by atoms with Crippen molar-refractivity contribution in [1.82, 2.24) is 0 Å². The number of non-ortho nitro benzene ring substituents is 1. The van der Waals surface area contributed by atoms with Gasteiger partial charge in [0.25, 0.3) is 5.69 Å². The molecule has 1 aromatic carbocycles. The molecule has 2 N–H and O–H groups in total. The summed E-state index contributed by atoms with van der Waals surface area (Å²) in [6.45, 7) is 6.06. The molecule has 0 saturated carbocycles. The molecule has 2 aliphatic rings. The minimum atomic E-state index is -0.301. The van der Waals surface area contributed by atoms with Crippen LogP contribution in [-0.4, -0.2) is 37.1 Å². The molecule has 1 aromatic rings. The zero-order valence-corrected chi connectivity index (χ0v) is 13.2. The summed E-state index contributed by atoms with van der Waals surface area (Å²) in [6, 6.07) is 7.98. The highest BCUT2D eigenvalue weighted by molar-refractivity contribution is 5.33. The van der Waals surface area contributed by atoms with Crippen LogP contribution in [0, 0.1) is 10.1 Å². The van der Waals surface area contributed by atoms with E-state index in [1.807, 2.05) is 11.0 Å². The average molecular weight is 305 g/mol. The van der Waals surface area contributed by atoms with Gasteiger partial charge in [-0.1, -0.05) is 12.1 Å². The minimum Gasteiger partial charge on any atom is -0.332 e. The van der Waals surface area contributed by atoms with E-state index in [0.29, 0.717) is 0 Å². The Labute approximate surface area is 132 Å². The van der Waals surface area contributed by atoms with Crippen LogP contribution in [0.25, 0.3) is 0 Å². The van der Waals surface area contributed by atoms with E-state index < -0.39 is 0 Å². The van der Waals surface area contributed by atoms with Crippen molar-refractivity contribution in [2.75, 3.05) is 26.2 Å². The van der Waals surface area contributed by atoms with Gasteiger partial charge in [-0.05, 0) is 19.3 Å². The van der Waals surface area contributed by atoms with Crippen LogP contribution in [0.4, 0.5) is 5.69 Å². The predicted molar refractivity (Wildman–Crippen MR) is 85.1 cm³/mol. The lowest BCUT2D eigenvalue weighted by Crippen LogP contribution is -3.20. The number of piperidine rings is 2. The van der Waals surface area contributed by atoms with Gasteiger partial charge in [0, 0.05) is 30.5 Å². The van der Waals surface area contributed by atoms with Crippen molar-refractivity contribution in [3.63, 3.8) is 0 Å². The van der Waals surface area contributed by atoms with E-state index in [9.17, 15) is 10.1 Å². The largest absolute Gasteiger partial charge is 0.332 e. The smallest absolute Gasteiger partial charge is 0.269 e. The zero-order chi connectivity index (χ0) is 15.4. The molecule has 0 aliphatic carbocycles. The first-order valence-electron chi connectivity index (χ1n) is 8.64. The number of rotatable bonds is 4. The first-order valence-corrected chi connectivity index (χ1v) is 8.64. The zero-order valence-electron chi connectivity index (χ0n) is 13.2. The quantitative estimate of drug-likeness (QED) is 0.617. The average Bonchev–Trinajstić information content (AvgIpc) is 2.56. The van der Waals surface area contributed by atoms with Gasteiger partial charge in [-0.15, -0.1) is 0 Å². The molecule has 0 unspecified atom stereocenters. The van der Waals surface area contributed by atoms with E-state index in [-0.39, 0.29) is 10.6 Å². The third kappa shape index (κ3) is 3.84. The van der Waals surface area contributed by atoms with E-state index in [2.05, 4.69) is 0 Å². The third-order valence-corrected chi connectivity index (χ3v) is 5.34. The molecular formula is C17H27N3O2+2. The second kappa shape index (κ2) is 7.20. The van der Waals surface area contributed by atoms with E-state index in [1.54, 1.807) is 23.1 Å². The van der Waals surface area contributed by atoms with Gasteiger partial charge in [-0.3, -0.25) is 10.1 Å². The first-order chi connectivity index (χ1) is 10.7. The molecular weight excluding hydrogens is 278 g/mol. The van der Waals surface area contributed by atoms with Crippen LogP contribution in [0.3, 0.4) is 0 Å². The number of nitrogens with zero attached hydrogens (tertiary/aromatic N) is 1. The third-order valence-electron chi connectivity index (χ3n) is 5.34. The lowest BCUT2D eigenvalue weighted by molar-refractivity contribution is -0.965. The monoisotopic (exact) mass is 305 g/mol. The second-order valence-electron chi connectivity index (χ2n) is 6.85. The molecule has 0 atom stereocenters. The van der Waals surface area contributed by atoms with Gasteiger partial charge >= 0.3 is 0 Å². The fourth-order valence-electron chi connectivity index (χ4n) is 4.09. The van der Waals surface area contributed by atoms with Crippen LogP contribution in [0.2, 0.25) is 0 Å². The first kappa shape index (κ1) is 15.4. The number of nitrogens with one attached hydrogen (secondary N) is 2. The molecule has 0 amide bonds. The van der Waals surface area contributed by atoms with Crippen molar-refractivity contribution in [2.24, 2.45) is 0 Å². The van der Waals surface area contributed by atoms with Gasteiger partial charge in [0.1, 0.15) is 6.54 Å². The molecule has 2 fully saturated rings. The molecule has 3 rings (SSSR count). The van der Waals surface area contributed by atoms with Crippen molar-refractivity contribution in [1.29, 1.82) is 0 Å². The highest BCUT2D eigenvalue weighted by Gasteiger charge is 2.30. The highest BCUT2D eigenvalue weighted by atomic mass is 16.6. The van der Waals surface area contributed by atoms with Crippen LogP contribution in [0.5, 0.6) is 0 Å². The number of likely N-dealkylation sites (tertiary alicyclic amines) is 2. The number of benzene rings is 1. The van der Waals surface area contributed by atoms with Crippen molar-refractivity contribution < 1.29 is 14.7 Å². The van der Waals surface area contributed by atoms with Crippen LogP contribution in [0.1, 0.15) is 37.7 Å². The van der Waals surface area contributed by atoms with E-state index in [0.717, 1.165) is 18.2 Å². The Morgan fingerprint density at radius 2 is 1.82 bits per heavy atom. The molecule has 2 aliphatic heterocycles. The highest BCUT2D eigenvalue weighted by Crippen LogP contribution is 2.12. The lowest BCUT2D eigenvalue weighted by Gasteiger charge is -2.36. The van der Waals surface area contributed by atoms with Gasteiger partial charge in [-0.2, -0.15) is 0 Å². The SMILES string of the molecule is O=[N+]([O-])c1cccc(C[NH+]2CCC([NH+]3CCCCC3)CC2)c1. The molecule has 120 valence electrons. The summed E-state index contributed by atoms with van der Waals surface area (Å²) in [5.41, 5.74) is 1.30. The van der Waals surface area contributed by atoms with E-state index in [4.69, 9.17) is 0 Å². The maximum Gasteiger partial charge on any atom is 0.269 e. The molecule has 5 nitrogen and oxygen atoms in total. The Balaban J connectivity index is 1.51. The number of nitro benzene ring substituents is 1. The van der Waals surface area contributed by atoms with E-state index >= 15 is 0 Å². The number of quaternary nitrogens is 2. The Hall–Kier alpha value is -1.46.